The van der Waals surface area contributed by atoms with Gasteiger partial charge in [0.05, 0.1) is 7.11 Å². The number of aromatic nitrogens is 1. The Morgan fingerprint density at radius 3 is 2.90 bits per heavy atom. The molecule has 4 heteroatoms. The van der Waals surface area contributed by atoms with Crippen LogP contribution < -0.4 is 10.1 Å². The SMILES string of the molecule is COc1cc(NCCCN(C)C2CCCCC2)ccn1. The smallest absolute Gasteiger partial charge is 0.214 e. The maximum atomic E-state index is 5.12. The van der Waals surface area contributed by atoms with Crippen molar-refractivity contribution in [3.63, 3.8) is 0 Å². The van der Waals surface area contributed by atoms with Crippen molar-refractivity contribution in [3.8, 4) is 5.88 Å². The van der Waals surface area contributed by atoms with Gasteiger partial charge in [-0.05, 0) is 38.9 Å². The standard InChI is InChI=1S/C16H27N3O/c1-19(15-7-4-3-5-8-15)12-6-10-17-14-9-11-18-16(13-14)20-2/h9,11,13,15H,3-8,10,12H2,1-2H3,(H,17,18). The molecule has 4 nitrogen and oxygen atoms in total. The van der Waals surface area contributed by atoms with E-state index in [2.05, 4.69) is 22.2 Å². The highest BCUT2D eigenvalue weighted by molar-refractivity contribution is 5.44. The molecule has 20 heavy (non-hydrogen) atoms. The summed E-state index contributed by atoms with van der Waals surface area (Å²) in [6.45, 7) is 2.16. The first-order chi connectivity index (χ1) is 9.79. The van der Waals surface area contributed by atoms with E-state index in [1.807, 2.05) is 12.1 Å². The third-order valence-electron chi connectivity index (χ3n) is 4.16. The highest BCUT2D eigenvalue weighted by Crippen LogP contribution is 2.21. The minimum atomic E-state index is 0.661. The van der Waals surface area contributed by atoms with Crippen LogP contribution in [0.5, 0.6) is 5.88 Å². The lowest BCUT2D eigenvalue weighted by Crippen LogP contribution is -2.34. The first-order valence-electron chi connectivity index (χ1n) is 7.74. The molecule has 1 heterocycles. The molecule has 0 bridgehead atoms. The number of methoxy groups -OCH3 is 1. The molecule has 1 N–H and O–H groups in total. The summed E-state index contributed by atoms with van der Waals surface area (Å²) in [4.78, 5) is 6.64. The van der Waals surface area contributed by atoms with Gasteiger partial charge in [0.1, 0.15) is 0 Å². The fourth-order valence-electron chi connectivity index (χ4n) is 2.90. The van der Waals surface area contributed by atoms with Gasteiger partial charge in [0.25, 0.3) is 0 Å². The molecule has 0 aromatic carbocycles. The van der Waals surface area contributed by atoms with Gasteiger partial charge in [-0.3, -0.25) is 0 Å². The van der Waals surface area contributed by atoms with Crippen LogP contribution in [-0.2, 0) is 0 Å². The number of hydrogen-bond donors (Lipinski definition) is 1. The van der Waals surface area contributed by atoms with Crippen molar-refractivity contribution in [3.05, 3.63) is 18.3 Å². The normalized spacial score (nSPS) is 16.4. The van der Waals surface area contributed by atoms with E-state index in [0.29, 0.717) is 5.88 Å². The second kappa shape index (κ2) is 8.10. The Kier molecular flexibility index (Phi) is 6.12. The Hall–Kier alpha value is -1.29. The number of rotatable bonds is 7. The van der Waals surface area contributed by atoms with Gasteiger partial charge < -0.3 is 15.0 Å². The van der Waals surface area contributed by atoms with E-state index in [4.69, 9.17) is 4.74 Å². The molecule has 1 aliphatic rings. The summed E-state index contributed by atoms with van der Waals surface area (Å²) in [5.74, 6) is 0.661. The Morgan fingerprint density at radius 2 is 2.15 bits per heavy atom. The van der Waals surface area contributed by atoms with Gasteiger partial charge in [-0.15, -0.1) is 0 Å². The van der Waals surface area contributed by atoms with E-state index in [1.54, 1.807) is 13.3 Å². The summed E-state index contributed by atoms with van der Waals surface area (Å²) in [5, 5.41) is 3.43. The van der Waals surface area contributed by atoms with E-state index in [9.17, 15) is 0 Å². The van der Waals surface area contributed by atoms with Gasteiger partial charge in [-0.2, -0.15) is 0 Å². The molecule has 0 unspecified atom stereocenters. The fraction of sp³-hybridized carbons (Fsp3) is 0.688. The zero-order valence-electron chi connectivity index (χ0n) is 12.8. The van der Waals surface area contributed by atoms with Crippen LogP contribution in [0.15, 0.2) is 18.3 Å². The molecular formula is C16H27N3O. The lowest BCUT2D eigenvalue weighted by Gasteiger charge is -2.31. The van der Waals surface area contributed by atoms with E-state index in [0.717, 1.165) is 24.7 Å². The number of nitrogens with zero attached hydrogens (tertiary/aromatic N) is 2. The maximum absolute atomic E-state index is 5.12. The van der Waals surface area contributed by atoms with Crippen molar-refractivity contribution in [2.75, 3.05) is 32.6 Å². The van der Waals surface area contributed by atoms with Gasteiger partial charge in [-0.1, -0.05) is 19.3 Å². The third kappa shape index (κ3) is 4.67. The van der Waals surface area contributed by atoms with Gasteiger partial charge >= 0.3 is 0 Å². The molecule has 1 saturated carbocycles. The second-order valence-corrected chi connectivity index (χ2v) is 5.64. The van der Waals surface area contributed by atoms with Crippen molar-refractivity contribution < 1.29 is 4.74 Å². The monoisotopic (exact) mass is 277 g/mol. The summed E-state index contributed by atoms with van der Waals surface area (Å²) in [5.41, 5.74) is 1.08. The van der Waals surface area contributed by atoms with E-state index in [-0.39, 0.29) is 0 Å². The quantitative estimate of drug-likeness (QED) is 0.777. The number of ether oxygens (including phenoxy) is 1. The second-order valence-electron chi connectivity index (χ2n) is 5.64. The molecule has 0 radical (unpaired) electrons. The maximum Gasteiger partial charge on any atom is 0.214 e. The average Bonchev–Trinajstić information content (AvgIpc) is 2.52. The van der Waals surface area contributed by atoms with Crippen LogP contribution in [0, 0.1) is 0 Å². The van der Waals surface area contributed by atoms with Crippen LogP contribution in [0.1, 0.15) is 38.5 Å². The molecule has 0 saturated heterocycles. The zero-order chi connectivity index (χ0) is 14.2. The van der Waals surface area contributed by atoms with Crippen LogP contribution in [0.25, 0.3) is 0 Å². The third-order valence-corrected chi connectivity index (χ3v) is 4.16. The van der Waals surface area contributed by atoms with Crippen molar-refractivity contribution in [2.24, 2.45) is 0 Å². The highest BCUT2D eigenvalue weighted by Gasteiger charge is 2.17. The van der Waals surface area contributed by atoms with Crippen LogP contribution in [-0.4, -0.2) is 43.2 Å². The van der Waals surface area contributed by atoms with E-state index >= 15 is 0 Å². The number of hydrogen-bond acceptors (Lipinski definition) is 4. The molecule has 0 spiro atoms. The molecule has 1 aliphatic carbocycles. The summed E-state index contributed by atoms with van der Waals surface area (Å²) >= 11 is 0. The largest absolute Gasteiger partial charge is 0.481 e. The molecule has 1 aromatic rings. The zero-order valence-corrected chi connectivity index (χ0v) is 12.8. The average molecular weight is 277 g/mol. The lowest BCUT2D eigenvalue weighted by molar-refractivity contribution is 0.191. The van der Waals surface area contributed by atoms with Gasteiger partial charge in [-0.25, -0.2) is 4.98 Å². The fourth-order valence-corrected chi connectivity index (χ4v) is 2.90. The number of pyridine rings is 1. The number of anilines is 1. The van der Waals surface area contributed by atoms with Crippen molar-refractivity contribution in [1.82, 2.24) is 9.88 Å². The van der Waals surface area contributed by atoms with Gasteiger partial charge in [0, 0.05) is 30.5 Å². The molecule has 0 aliphatic heterocycles. The predicted molar refractivity (Wildman–Crippen MR) is 83.4 cm³/mol. The van der Waals surface area contributed by atoms with Crippen LogP contribution in [0.4, 0.5) is 5.69 Å². The van der Waals surface area contributed by atoms with Crippen molar-refractivity contribution >= 4 is 5.69 Å². The van der Waals surface area contributed by atoms with Crippen LogP contribution in [0.2, 0.25) is 0 Å². The molecule has 0 atom stereocenters. The molecule has 1 aromatic heterocycles. The topological polar surface area (TPSA) is 37.4 Å². The molecule has 0 amide bonds. The first kappa shape index (κ1) is 15.1. The Morgan fingerprint density at radius 1 is 1.35 bits per heavy atom. The summed E-state index contributed by atoms with van der Waals surface area (Å²) < 4.78 is 5.12. The Labute approximate surface area is 122 Å². The minimum Gasteiger partial charge on any atom is -0.481 e. The summed E-state index contributed by atoms with van der Waals surface area (Å²) in [7, 11) is 3.91. The minimum absolute atomic E-state index is 0.661. The summed E-state index contributed by atoms with van der Waals surface area (Å²) in [6, 6.07) is 4.72. The highest BCUT2D eigenvalue weighted by atomic mass is 16.5. The van der Waals surface area contributed by atoms with Gasteiger partial charge in [0.15, 0.2) is 0 Å². The van der Waals surface area contributed by atoms with Crippen LogP contribution >= 0.6 is 0 Å². The van der Waals surface area contributed by atoms with E-state index in [1.165, 1.54) is 38.6 Å². The Balaban J connectivity index is 1.65. The Bertz CT molecular complexity index is 391. The van der Waals surface area contributed by atoms with Gasteiger partial charge in [0.2, 0.25) is 5.88 Å². The first-order valence-corrected chi connectivity index (χ1v) is 7.74. The van der Waals surface area contributed by atoms with E-state index < -0.39 is 0 Å². The lowest BCUT2D eigenvalue weighted by atomic mass is 9.94. The number of nitrogens with one attached hydrogen (secondary N) is 1. The molecular weight excluding hydrogens is 250 g/mol. The molecule has 1 fully saturated rings. The van der Waals surface area contributed by atoms with Crippen LogP contribution in [0.3, 0.4) is 0 Å². The molecule has 112 valence electrons. The summed E-state index contributed by atoms with van der Waals surface area (Å²) in [6.07, 6.45) is 9.94. The predicted octanol–water partition coefficient (Wildman–Crippen LogP) is 3.16. The van der Waals surface area contributed by atoms with Crippen molar-refractivity contribution in [1.29, 1.82) is 0 Å². The van der Waals surface area contributed by atoms with Crippen molar-refractivity contribution in [2.45, 2.75) is 44.6 Å². The molecule has 2 rings (SSSR count).